The zero-order valence-electron chi connectivity index (χ0n) is 12.7. The number of benzene rings is 1. The molecule has 1 rings (SSSR count). The van der Waals surface area contributed by atoms with Gasteiger partial charge in [0.2, 0.25) is 5.78 Å². The van der Waals surface area contributed by atoms with Crippen molar-refractivity contribution in [3.8, 4) is 0 Å². The van der Waals surface area contributed by atoms with E-state index in [4.69, 9.17) is 4.74 Å². The van der Waals surface area contributed by atoms with Gasteiger partial charge in [-0.1, -0.05) is 0 Å². The molecule has 0 fully saturated rings. The number of allylic oxidation sites excluding steroid dienone is 1. The smallest absolute Gasteiger partial charge is 0.281 e. The van der Waals surface area contributed by atoms with Crippen LogP contribution >= 0.6 is 0 Å². The van der Waals surface area contributed by atoms with Crippen molar-refractivity contribution in [2.75, 3.05) is 12.9 Å². The van der Waals surface area contributed by atoms with E-state index in [1.54, 1.807) is 6.92 Å². The molecule has 0 unspecified atom stereocenters. The van der Waals surface area contributed by atoms with E-state index < -0.39 is 32.0 Å². The van der Waals surface area contributed by atoms with E-state index in [-0.39, 0.29) is 22.6 Å². The molecule has 8 nitrogen and oxygen atoms in total. The normalized spacial score (nSPS) is 11.9. The number of ketones is 2. The average Bonchev–Trinajstić information content (AvgIpc) is 2.45. The molecule has 0 aliphatic heterocycles. The molecule has 0 aromatic heterocycles. The maximum Gasteiger partial charge on any atom is 0.281 e. The van der Waals surface area contributed by atoms with E-state index in [9.17, 15) is 28.1 Å². The van der Waals surface area contributed by atoms with E-state index in [2.05, 4.69) is 0 Å². The summed E-state index contributed by atoms with van der Waals surface area (Å²) >= 11 is 0. The van der Waals surface area contributed by atoms with Crippen molar-refractivity contribution in [3.63, 3.8) is 0 Å². The van der Waals surface area contributed by atoms with E-state index in [0.29, 0.717) is 0 Å². The molecule has 1 aromatic carbocycles. The highest BCUT2D eigenvalue weighted by atomic mass is 32.2. The van der Waals surface area contributed by atoms with Gasteiger partial charge in [-0.05, 0) is 26.0 Å². The van der Waals surface area contributed by atoms with E-state index in [1.807, 2.05) is 0 Å². The summed E-state index contributed by atoms with van der Waals surface area (Å²) in [6.45, 7) is 2.97. The Balaban J connectivity index is 3.50. The number of nitro benzene ring substituents is 1. The van der Waals surface area contributed by atoms with Gasteiger partial charge in [-0.2, -0.15) is 0 Å². The lowest BCUT2D eigenvalue weighted by molar-refractivity contribution is -0.385. The summed E-state index contributed by atoms with van der Waals surface area (Å²) < 4.78 is 27.9. The molecule has 9 heteroatoms. The molecule has 0 atom stereocenters. The Labute approximate surface area is 132 Å². The summed E-state index contributed by atoms with van der Waals surface area (Å²) in [5.74, 6) is -1.53. The predicted octanol–water partition coefficient (Wildman–Crippen LogP) is 1.69. The van der Waals surface area contributed by atoms with Crippen LogP contribution in [0.15, 0.2) is 34.9 Å². The summed E-state index contributed by atoms with van der Waals surface area (Å²) in [7, 11) is -3.67. The molecule has 0 amide bonds. The molecule has 0 bridgehead atoms. The fraction of sp³-hybridized carbons (Fsp3) is 0.286. The van der Waals surface area contributed by atoms with Crippen LogP contribution in [0.3, 0.4) is 0 Å². The number of hydrogen-bond donors (Lipinski definition) is 0. The van der Waals surface area contributed by atoms with Crippen LogP contribution < -0.4 is 0 Å². The number of Topliss-reactive ketones (excluding diaryl/α,β-unsaturated/α-hetero) is 2. The van der Waals surface area contributed by atoms with Crippen LogP contribution in [-0.4, -0.2) is 37.8 Å². The first kappa shape index (κ1) is 18.5. The van der Waals surface area contributed by atoms with Gasteiger partial charge in [0.05, 0.1) is 28.3 Å². The van der Waals surface area contributed by atoms with Crippen LogP contribution in [-0.2, 0) is 19.4 Å². The molecule has 124 valence electrons. The van der Waals surface area contributed by atoms with Gasteiger partial charge in [0, 0.05) is 12.3 Å². The van der Waals surface area contributed by atoms with E-state index in [0.717, 1.165) is 37.6 Å². The van der Waals surface area contributed by atoms with Gasteiger partial charge >= 0.3 is 0 Å². The number of carbonyl (C=O) groups excluding carboxylic acids is 2. The molecule has 1 aromatic rings. The minimum absolute atomic E-state index is 0.208. The third-order valence-corrected chi connectivity index (χ3v) is 3.94. The molecule has 0 saturated carbocycles. The monoisotopic (exact) mass is 341 g/mol. The summed E-state index contributed by atoms with van der Waals surface area (Å²) in [5.41, 5.74) is -1.44. The zero-order chi connectivity index (χ0) is 17.8. The van der Waals surface area contributed by atoms with Crippen molar-refractivity contribution in [2.45, 2.75) is 18.7 Å². The number of hydrogen-bond acceptors (Lipinski definition) is 7. The minimum Gasteiger partial charge on any atom is -0.501 e. The summed E-state index contributed by atoms with van der Waals surface area (Å²) in [4.78, 5) is 33.9. The summed E-state index contributed by atoms with van der Waals surface area (Å²) in [6, 6.07) is 2.88. The van der Waals surface area contributed by atoms with Gasteiger partial charge in [0.25, 0.3) is 5.69 Å². The molecular formula is C14H15NO7S. The molecule has 0 aliphatic rings. The molecule has 23 heavy (non-hydrogen) atoms. The van der Waals surface area contributed by atoms with Gasteiger partial charge < -0.3 is 4.74 Å². The van der Waals surface area contributed by atoms with Gasteiger partial charge in [0.15, 0.2) is 15.6 Å². The lowest BCUT2D eigenvalue weighted by Crippen LogP contribution is -2.14. The van der Waals surface area contributed by atoms with Crippen molar-refractivity contribution in [1.82, 2.24) is 0 Å². The molecule has 0 saturated heterocycles. The van der Waals surface area contributed by atoms with Crippen molar-refractivity contribution >= 4 is 27.1 Å². The third-order valence-electron chi connectivity index (χ3n) is 2.83. The second-order valence-corrected chi connectivity index (χ2v) is 6.60. The Bertz CT molecular complexity index is 793. The number of rotatable bonds is 7. The summed E-state index contributed by atoms with van der Waals surface area (Å²) in [6.07, 6.45) is 1.84. The molecule has 0 aliphatic carbocycles. The number of ether oxygens (including phenoxy) is 1. The van der Waals surface area contributed by atoms with Crippen molar-refractivity contribution < 1.29 is 27.7 Å². The Hall–Kier alpha value is -2.55. The first-order valence-corrected chi connectivity index (χ1v) is 8.34. The Morgan fingerprint density at radius 2 is 1.96 bits per heavy atom. The predicted molar refractivity (Wildman–Crippen MR) is 80.9 cm³/mol. The van der Waals surface area contributed by atoms with Crippen LogP contribution in [0.1, 0.15) is 24.2 Å². The lowest BCUT2D eigenvalue weighted by Gasteiger charge is -2.06. The standard InChI is InChI=1S/C14H15NO7S/c1-4-22-8-12(9(2)16)14(17)11-6-5-10(23(3,20)21)7-13(11)15(18)19/h5-8H,4H2,1-3H3/b12-8-. The first-order chi connectivity index (χ1) is 10.6. The third kappa shape index (κ3) is 4.46. The fourth-order valence-electron chi connectivity index (χ4n) is 1.69. The van der Waals surface area contributed by atoms with Gasteiger partial charge in [-0.25, -0.2) is 8.42 Å². The Morgan fingerprint density at radius 3 is 2.39 bits per heavy atom. The highest BCUT2D eigenvalue weighted by Crippen LogP contribution is 2.25. The topological polar surface area (TPSA) is 121 Å². The zero-order valence-corrected chi connectivity index (χ0v) is 13.5. The molecular weight excluding hydrogens is 326 g/mol. The van der Waals surface area contributed by atoms with Gasteiger partial charge in [-0.15, -0.1) is 0 Å². The Morgan fingerprint density at radius 1 is 1.35 bits per heavy atom. The first-order valence-electron chi connectivity index (χ1n) is 6.45. The highest BCUT2D eigenvalue weighted by molar-refractivity contribution is 7.90. The average molecular weight is 341 g/mol. The minimum atomic E-state index is -3.67. The number of nitrogens with zero attached hydrogens (tertiary/aromatic N) is 1. The molecule has 0 heterocycles. The second-order valence-electron chi connectivity index (χ2n) is 4.58. The quantitative estimate of drug-likeness (QED) is 0.141. The number of nitro groups is 1. The van der Waals surface area contributed by atoms with Crippen LogP contribution in [0.4, 0.5) is 5.69 Å². The largest absolute Gasteiger partial charge is 0.501 e. The van der Waals surface area contributed by atoms with Crippen LogP contribution in [0.2, 0.25) is 0 Å². The maximum absolute atomic E-state index is 12.4. The number of carbonyl (C=O) groups is 2. The number of sulfone groups is 1. The Kier molecular flexibility index (Phi) is 5.74. The van der Waals surface area contributed by atoms with Crippen LogP contribution in [0.25, 0.3) is 0 Å². The van der Waals surface area contributed by atoms with Crippen LogP contribution in [0, 0.1) is 10.1 Å². The van der Waals surface area contributed by atoms with Crippen molar-refractivity contribution in [1.29, 1.82) is 0 Å². The van der Waals surface area contributed by atoms with Crippen molar-refractivity contribution in [3.05, 3.63) is 45.7 Å². The van der Waals surface area contributed by atoms with Crippen LogP contribution in [0.5, 0.6) is 0 Å². The fourth-order valence-corrected chi connectivity index (χ4v) is 2.33. The maximum atomic E-state index is 12.4. The highest BCUT2D eigenvalue weighted by Gasteiger charge is 2.27. The SMILES string of the molecule is CCO/C=C(/C(C)=O)C(=O)c1ccc(S(C)(=O)=O)cc1[N+](=O)[O-]. The van der Waals surface area contributed by atoms with Gasteiger partial charge in [0.1, 0.15) is 5.56 Å². The summed E-state index contributed by atoms with van der Waals surface area (Å²) in [5, 5.41) is 11.1. The van der Waals surface area contributed by atoms with E-state index >= 15 is 0 Å². The van der Waals surface area contributed by atoms with Crippen molar-refractivity contribution in [2.24, 2.45) is 0 Å². The molecule has 0 N–H and O–H groups in total. The lowest BCUT2D eigenvalue weighted by atomic mass is 10.0. The molecule has 0 spiro atoms. The molecule has 0 radical (unpaired) electrons. The van der Waals surface area contributed by atoms with E-state index in [1.165, 1.54) is 0 Å². The van der Waals surface area contributed by atoms with Gasteiger partial charge in [-0.3, -0.25) is 19.7 Å². The second kappa shape index (κ2) is 7.14.